The number of aliphatic carboxylic acids is 1. The highest BCUT2D eigenvalue weighted by molar-refractivity contribution is 7.88. The van der Waals surface area contributed by atoms with Crippen molar-refractivity contribution < 1.29 is 23.1 Å². The zero-order valence-electron chi connectivity index (χ0n) is 11.3. The second-order valence-electron chi connectivity index (χ2n) is 4.34. The lowest BCUT2D eigenvalue weighted by molar-refractivity contribution is -0.141. The Bertz CT molecular complexity index is 409. The van der Waals surface area contributed by atoms with Gasteiger partial charge in [0.25, 0.3) is 0 Å². The van der Waals surface area contributed by atoms with E-state index in [1.807, 2.05) is 0 Å². The molecule has 0 rings (SSSR count). The first kappa shape index (κ1) is 17.6. The quantitative estimate of drug-likeness (QED) is 0.442. The summed E-state index contributed by atoms with van der Waals surface area (Å²) in [5.41, 5.74) is 0. The van der Waals surface area contributed by atoms with E-state index in [0.717, 1.165) is 6.26 Å². The zero-order chi connectivity index (χ0) is 15.1. The minimum absolute atomic E-state index is 0.236. The highest BCUT2D eigenvalue weighted by Gasteiger charge is 2.20. The van der Waals surface area contributed by atoms with Crippen LogP contribution in [0.25, 0.3) is 0 Å². The molecule has 0 aromatic rings. The van der Waals surface area contributed by atoms with E-state index < -0.39 is 34.0 Å². The monoisotopic (exact) mass is 295 g/mol. The van der Waals surface area contributed by atoms with E-state index in [4.69, 9.17) is 5.11 Å². The zero-order valence-corrected chi connectivity index (χ0v) is 12.1. The third-order valence-corrected chi connectivity index (χ3v) is 3.23. The number of nitrogens with one attached hydrogen (secondary N) is 3. The Hall–Kier alpha value is -1.35. The van der Waals surface area contributed by atoms with Crippen LogP contribution in [0.5, 0.6) is 0 Å². The van der Waals surface area contributed by atoms with Gasteiger partial charge in [-0.3, -0.25) is 4.79 Å². The lowest BCUT2D eigenvalue weighted by Gasteiger charge is -2.18. The smallest absolute Gasteiger partial charge is 0.315 e. The number of hydrogen-bond acceptors (Lipinski definition) is 4. The molecule has 0 heterocycles. The second kappa shape index (κ2) is 7.95. The van der Waals surface area contributed by atoms with Gasteiger partial charge >= 0.3 is 12.0 Å². The summed E-state index contributed by atoms with van der Waals surface area (Å²) in [6, 6.07) is -0.966. The average Bonchev–Trinajstić information content (AvgIpc) is 2.25. The van der Waals surface area contributed by atoms with Gasteiger partial charge in [0.15, 0.2) is 0 Å². The molecule has 0 saturated carbocycles. The molecule has 0 aliphatic heterocycles. The summed E-state index contributed by atoms with van der Waals surface area (Å²) in [5.74, 6) is -1.66. The average molecular weight is 295 g/mol. The number of rotatable bonds is 8. The highest BCUT2D eigenvalue weighted by Crippen LogP contribution is 2.01. The number of carbonyl (C=O) groups excluding carboxylic acids is 1. The molecular formula is C10H21N3O5S. The van der Waals surface area contributed by atoms with Gasteiger partial charge in [-0.05, 0) is 20.3 Å². The third kappa shape index (κ3) is 9.25. The molecule has 8 nitrogen and oxygen atoms in total. The number of carbonyl (C=O) groups is 2. The SMILES string of the molecule is CC(NC(=O)NCCCNS(C)(=O)=O)C(C)C(=O)O. The van der Waals surface area contributed by atoms with Gasteiger partial charge in [0, 0.05) is 19.1 Å². The Morgan fingerprint density at radius 1 is 1.21 bits per heavy atom. The van der Waals surface area contributed by atoms with Gasteiger partial charge in [-0.15, -0.1) is 0 Å². The van der Waals surface area contributed by atoms with E-state index in [0.29, 0.717) is 13.0 Å². The topological polar surface area (TPSA) is 125 Å². The highest BCUT2D eigenvalue weighted by atomic mass is 32.2. The van der Waals surface area contributed by atoms with E-state index in [1.165, 1.54) is 6.92 Å². The van der Waals surface area contributed by atoms with Gasteiger partial charge in [-0.1, -0.05) is 0 Å². The molecule has 9 heteroatoms. The number of sulfonamides is 1. The number of urea groups is 1. The molecule has 2 amide bonds. The van der Waals surface area contributed by atoms with E-state index >= 15 is 0 Å². The Kier molecular flexibility index (Phi) is 7.38. The van der Waals surface area contributed by atoms with Crippen molar-refractivity contribution in [3.8, 4) is 0 Å². The third-order valence-electron chi connectivity index (χ3n) is 2.50. The number of hydrogen-bond donors (Lipinski definition) is 4. The van der Waals surface area contributed by atoms with Crippen molar-refractivity contribution in [3.63, 3.8) is 0 Å². The van der Waals surface area contributed by atoms with Crippen molar-refractivity contribution in [2.45, 2.75) is 26.3 Å². The summed E-state index contributed by atoms with van der Waals surface area (Å²) in [7, 11) is -3.21. The molecule has 2 atom stereocenters. The minimum Gasteiger partial charge on any atom is -0.481 e. The summed E-state index contributed by atoms with van der Waals surface area (Å²) in [6.07, 6.45) is 1.51. The van der Waals surface area contributed by atoms with Crippen LogP contribution in [0, 0.1) is 5.92 Å². The molecule has 2 unspecified atom stereocenters. The first-order chi connectivity index (χ1) is 8.63. The van der Waals surface area contributed by atoms with Crippen LogP contribution in [0.2, 0.25) is 0 Å². The molecule has 0 bridgehead atoms. The van der Waals surface area contributed by atoms with Crippen molar-refractivity contribution in [1.82, 2.24) is 15.4 Å². The van der Waals surface area contributed by atoms with Gasteiger partial charge < -0.3 is 15.7 Å². The molecule has 0 fully saturated rings. The van der Waals surface area contributed by atoms with Crippen LogP contribution < -0.4 is 15.4 Å². The molecule has 19 heavy (non-hydrogen) atoms. The maximum absolute atomic E-state index is 11.4. The fraction of sp³-hybridized carbons (Fsp3) is 0.800. The summed E-state index contributed by atoms with van der Waals surface area (Å²) in [6.45, 7) is 3.63. The first-order valence-electron chi connectivity index (χ1n) is 5.85. The largest absolute Gasteiger partial charge is 0.481 e. The fourth-order valence-electron chi connectivity index (χ4n) is 1.14. The number of carboxylic acid groups (broad SMARTS) is 1. The van der Waals surface area contributed by atoms with Crippen LogP contribution in [-0.4, -0.2) is 50.9 Å². The van der Waals surface area contributed by atoms with Crippen LogP contribution in [0.3, 0.4) is 0 Å². The molecule has 0 aromatic carbocycles. The molecule has 0 spiro atoms. The van der Waals surface area contributed by atoms with Gasteiger partial charge in [0.05, 0.1) is 12.2 Å². The molecule has 112 valence electrons. The van der Waals surface area contributed by atoms with Crippen molar-refractivity contribution in [2.75, 3.05) is 19.3 Å². The molecule has 0 aliphatic carbocycles. The number of carboxylic acids is 1. The van der Waals surface area contributed by atoms with Gasteiger partial charge in [0.1, 0.15) is 0 Å². The van der Waals surface area contributed by atoms with E-state index in [1.54, 1.807) is 6.92 Å². The van der Waals surface area contributed by atoms with Crippen LogP contribution in [-0.2, 0) is 14.8 Å². The van der Waals surface area contributed by atoms with Crippen molar-refractivity contribution in [3.05, 3.63) is 0 Å². The van der Waals surface area contributed by atoms with Gasteiger partial charge in [0.2, 0.25) is 10.0 Å². The molecule has 4 N–H and O–H groups in total. The van der Waals surface area contributed by atoms with E-state index in [2.05, 4.69) is 15.4 Å². The van der Waals surface area contributed by atoms with Gasteiger partial charge in [-0.25, -0.2) is 17.9 Å². The Morgan fingerprint density at radius 3 is 2.26 bits per heavy atom. The molecule has 0 aliphatic rings. The molecular weight excluding hydrogens is 274 g/mol. The molecule has 0 aromatic heterocycles. The molecule has 0 radical (unpaired) electrons. The van der Waals surface area contributed by atoms with Crippen LogP contribution >= 0.6 is 0 Å². The Balaban J connectivity index is 3.79. The summed E-state index contributed by atoms with van der Waals surface area (Å²) < 4.78 is 23.8. The van der Waals surface area contributed by atoms with Gasteiger partial charge in [-0.2, -0.15) is 0 Å². The summed E-state index contributed by atoms with van der Waals surface area (Å²) >= 11 is 0. The van der Waals surface area contributed by atoms with Crippen LogP contribution in [0.15, 0.2) is 0 Å². The normalized spacial score (nSPS) is 14.5. The first-order valence-corrected chi connectivity index (χ1v) is 7.74. The summed E-state index contributed by atoms with van der Waals surface area (Å²) in [5, 5.41) is 13.8. The van der Waals surface area contributed by atoms with E-state index in [9.17, 15) is 18.0 Å². The Labute approximate surface area is 113 Å². The molecule has 0 saturated heterocycles. The van der Waals surface area contributed by atoms with Crippen LogP contribution in [0.1, 0.15) is 20.3 Å². The van der Waals surface area contributed by atoms with Crippen molar-refractivity contribution in [2.24, 2.45) is 5.92 Å². The predicted octanol–water partition coefficient (Wildman–Crippen LogP) is -0.666. The van der Waals surface area contributed by atoms with Crippen LogP contribution in [0.4, 0.5) is 4.79 Å². The summed E-state index contributed by atoms with van der Waals surface area (Å²) in [4.78, 5) is 22.1. The Morgan fingerprint density at radius 2 is 1.79 bits per heavy atom. The number of amides is 2. The maximum Gasteiger partial charge on any atom is 0.315 e. The maximum atomic E-state index is 11.4. The lowest BCUT2D eigenvalue weighted by atomic mass is 10.0. The second-order valence-corrected chi connectivity index (χ2v) is 6.17. The standard InChI is InChI=1S/C10H21N3O5S/c1-7(9(14)15)8(2)13-10(16)11-5-4-6-12-19(3,17)18/h7-8,12H,4-6H2,1-3H3,(H,14,15)(H2,11,13,16). The predicted molar refractivity (Wildman–Crippen MR) is 70.3 cm³/mol. The van der Waals surface area contributed by atoms with Crippen molar-refractivity contribution in [1.29, 1.82) is 0 Å². The van der Waals surface area contributed by atoms with Crippen molar-refractivity contribution >= 4 is 22.0 Å². The lowest BCUT2D eigenvalue weighted by Crippen LogP contribution is -2.45. The minimum atomic E-state index is -3.21. The van der Waals surface area contributed by atoms with E-state index in [-0.39, 0.29) is 6.54 Å². The fourth-order valence-corrected chi connectivity index (χ4v) is 1.66.